The molecular weight excluding hydrogens is 244 g/mol. The minimum atomic E-state index is 0.735. The van der Waals surface area contributed by atoms with Crippen LogP contribution in [0.2, 0.25) is 5.02 Å². The highest BCUT2D eigenvalue weighted by atomic mass is 35.5. The van der Waals surface area contributed by atoms with E-state index in [-0.39, 0.29) is 0 Å². The molecular formula is C15H23ClN2. The number of halogens is 1. The molecule has 0 aliphatic heterocycles. The summed E-state index contributed by atoms with van der Waals surface area (Å²) in [5.41, 5.74) is 2.45. The number of rotatable bonds is 4. The van der Waals surface area contributed by atoms with Crippen molar-refractivity contribution >= 4 is 17.3 Å². The van der Waals surface area contributed by atoms with Crippen LogP contribution in [0.15, 0.2) is 18.2 Å². The van der Waals surface area contributed by atoms with Gasteiger partial charge in [0.2, 0.25) is 0 Å². The minimum Gasteiger partial charge on any atom is -0.385 e. The van der Waals surface area contributed by atoms with E-state index in [1.54, 1.807) is 0 Å². The molecule has 0 aromatic heterocycles. The van der Waals surface area contributed by atoms with Gasteiger partial charge in [-0.05, 0) is 69.3 Å². The number of nitrogens with one attached hydrogen (secondary N) is 2. The fourth-order valence-corrected chi connectivity index (χ4v) is 2.96. The zero-order valence-corrected chi connectivity index (χ0v) is 12.1. The third-order valence-electron chi connectivity index (χ3n) is 4.02. The van der Waals surface area contributed by atoms with E-state index in [9.17, 15) is 0 Å². The number of anilines is 1. The standard InChI is InChI=1S/C15H23ClN2/c1-11-9-13(16)5-8-15(11)18-10-12-3-6-14(17-2)7-4-12/h5,8-9,12,14,17-18H,3-4,6-7,10H2,1-2H3. The first-order valence-corrected chi connectivity index (χ1v) is 7.24. The Morgan fingerprint density at radius 2 is 1.94 bits per heavy atom. The lowest BCUT2D eigenvalue weighted by Crippen LogP contribution is -2.32. The molecule has 2 N–H and O–H groups in total. The summed E-state index contributed by atoms with van der Waals surface area (Å²) in [6.45, 7) is 3.19. The van der Waals surface area contributed by atoms with Crippen molar-refractivity contribution in [2.24, 2.45) is 5.92 Å². The largest absolute Gasteiger partial charge is 0.385 e. The first kappa shape index (κ1) is 13.7. The van der Waals surface area contributed by atoms with E-state index >= 15 is 0 Å². The Morgan fingerprint density at radius 1 is 1.22 bits per heavy atom. The third kappa shape index (κ3) is 3.63. The van der Waals surface area contributed by atoms with Gasteiger partial charge in [-0.25, -0.2) is 0 Å². The molecule has 1 aliphatic carbocycles. The van der Waals surface area contributed by atoms with Gasteiger partial charge in [-0.3, -0.25) is 0 Å². The third-order valence-corrected chi connectivity index (χ3v) is 4.26. The predicted molar refractivity (Wildman–Crippen MR) is 79.5 cm³/mol. The molecule has 1 fully saturated rings. The molecule has 18 heavy (non-hydrogen) atoms. The Morgan fingerprint density at radius 3 is 2.56 bits per heavy atom. The van der Waals surface area contributed by atoms with Gasteiger partial charge < -0.3 is 10.6 Å². The van der Waals surface area contributed by atoms with Crippen LogP contribution in [-0.2, 0) is 0 Å². The number of hydrogen-bond donors (Lipinski definition) is 2. The maximum absolute atomic E-state index is 5.96. The highest BCUT2D eigenvalue weighted by Gasteiger charge is 2.19. The van der Waals surface area contributed by atoms with Crippen LogP contribution in [0.5, 0.6) is 0 Å². The van der Waals surface area contributed by atoms with Crippen molar-refractivity contribution in [3.8, 4) is 0 Å². The molecule has 0 amide bonds. The maximum atomic E-state index is 5.96. The van der Waals surface area contributed by atoms with E-state index in [2.05, 4.69) is 30.7 Å². The molecule has 2 nitrogen and oxygen atoms in total. The summed E-state index contributed by atoms with van der Waals surface area (Å²) in [5, 5.41) is 7.75. The zero-order chi connectivity index (χ0) is 13.0. The van der Waals surface area contributed by atoms with Gasteiger partial charge in [-0.2, -0.15) is 0 Å². The number of aryl methyl sites for hydroxylation is 1. The second-order valence-electron chi connectivity index (χ2n) is 5.35. The molecule has 0 radical (unpaired) electrons. The minimum absolute atomic E-state index is 0.735. The van der Waals surface area contributed by atoms with Gasteiger partial charge in [-0.15, -0.1) is 0 Å². The Hall–Kier alpha value is -0.730. The second kappa shape index (κ2) is 6.44. The highest BCUT2D eigenvalue weighted by Crippen LogP contribution is 2.25. The molecule has 100 valence electrons. The smallest absolute Gasteiger partial charge is 0.0410 e. The Labute approximate surface area is 115 Å². The fraction of sp³-hybridized carbons (Fsp3) is 0.600. The zero-order valence-electron chi connectivity index (χ0n) is 11.3. The second-order valence-corrected chi connectivity index (χ2v) is 5.78. The van der Waals surface area contributed by atoms with Gasteiger partial charge in [-0.1, -0.05) is 11.6 Å². The van der Waals surface area contributed by atoms with E-state index in [0.29, 0.717) is 0 Å². The van der Waals surface area contributed by atoms with Crippen LogP contribution in [0.1, 0.15) is 31.2 Å². The monoisotopic (exact) mass is 266 g/mol. The van der Waals surface area contributed by atoms with Crippen molar-refractivity contribution in [3.63, 3.8) is 0 Å². The van der Waals surface area contributed by atoms with Crippen molar-refractivity contribution in [3.05, 3.63) is 28.8 Å². The highest BCUT2D eigenvalue weighted by molar-refractivity contribution is 6.30. The average molecular weight is 267 g/mol. The fourth-order valence-electron chi connectivity index (χ4n) is 2.73. The van der Waals surface area contributed by atoms with Crippen LogP contribution < -0.4 is 10.6 Å². The predicted octanol–water partition coefficient (Wildman–Crippen LogP) is 3.84. The molecule has 0 heterocycles. The molecule has 1 aromatic carbocycles. The van der Waals surface area contributed by atoms with Crippen molar-refractivity contribution in [1.29, 1.82) is 0 Å². The maximum Gasteiger partial charge on any atom is 0.0410 e. The Balaban J connectivity index is 1.81. The molecule has 1 saturated carbocycles. The van der Waals surface area contributed by atoms with Crippen molar-refractivity contribution in [2.45, 2.75) is 38.6 Å². The van der Waals surface area contributed by atoms with E-state index in [1.807, 2.05) is 12.1 Å². The summed E-state index contributed by atoms with van der Waals surface area (Å²) in [6, 6.07) is 6.78. The van der Waals surface area contributed by atoms with E-state index in [1.165, 1.54) is 36.9 Å². The Bertz CT molecular complexity index is 384. The van der Waals surface area contributed by atoms with E-state index in [0.717, 1.165) is 23.5 Å². The summed E-state index contributed by atoms with van der Waals surface area (Å²) in [4.78, 5) is 0. The lowest BCUT2D eigenvalue weighted by Gasteiger charge is -2.28. The van der Waals surface area contributed by atoms with Crippen molar-refractivity contribution < 1.29 is 0 Å². The summed E-state index contributed by atoms with van der Waals surface area (Å²) in [7, 11) is 2.07. The van der Waals surface area contributed by atoms with Gasteiger partial charge in [0.1, 0.15) is 0 Å². The Kier molecular flexibility index (Phi) is 4.90. The number of hydrogen-bond acceptors (Lipinski definition) is 2. The molecule has 3 heteroatoms. The molecule has 0 bridgehead atoms. The normalized spacial score (nSPS) is 23.9. The lowest BCUT2D eigenvalue weighted by molar-refractivity contribution is 0.312. The molecule has 1 aromatic rings. The van der Waals surface area contributed by atoms with Crippen LogP contribution in [0, 0.1) is 12.8 Å². The van der Waals surface area contributed by atoms with Crippen LogP contribution in [0.25, 0.3) is 0 Å². The van der Waals surface area contributed by atoms with Crippen LogP contribution in [0.4, 0.5) is 5.69 Å². The molecule has 0 unspecified atom stereocenters. The van der Waals surface area contributed by atoms with Crippen LogP contribution in [-0.4, -0.2) is 19.6 Å². The number of benzene rings is 1. The SMILES string of the molecule is CNC1CCC(CNc2ccc(Cl)cc2C)CC1. The summed E-state index contributed by atoms with van der Waals surface area (Å²) in [5.74, 6) is 0.810. The van der Waals surface area contributed by atoms with Crippen LogP contribution >= 0.6 is 11.6 Å². The molecule has 0 saturated heterocycles. The quantitative estimate of drug-likeness (QED) is 0.865. The van der Waals surface area contributed by atoms with Gasteiger partial charge in [0.15, 0.2) is 0 Å². The average Bonchev–Trinajstić information content (AvgIpc) is 2.38. The summed E-state index contributed by atoms with van der Waals surface area (Å²) in [6.07, 6.45) is 5.27. The first-order valence-electron chi connectivity index (χ1n) is 6.86. The first-order chi connectivity index (χ1) is 8.69. The van der Waals surface area contributed by atoms with Crippen LogP contribution in [0.3, 0.4) is 0 Å². The summed E-state index contributed by atoms with van der Waals surface area (Å²) >= 11 is 5.96. The van der Waals surface area contributed by atoms with E-state index < -0.39 is 0 Å². The molecule has 2 rings (SSSR count). The lowest BCUT2D eigenvalue weighted by atomic mass is 9.86. The van der Waals surface area contributed by atoms with Gasteiger partial charge >= 0.3 is 0 Å². The van der Waals surface area contributed by atoms with Gasteiger partial charge in [0.05, 0.1) is 0 Å². The topological polar surface area (TPSA) is 24.1 Å². The molecule has 0 spiro atoms. The molecule has 0 atom stereocenters. The molecule has 1 aliphatic rings. The van der Waals surface area contributed by atoms with Crippen molar-refractivity contribution in [2.75, 3.05) is 18.9 Å². The summed E-state index contributed by atoms with van der Waals surface area (Å²) < 4.78 is 0. The van der Waals surface area contributed by atoms with Gasteiger partial charge in [0.25, 0.3) is 0 Å². The van der Waals surface area contributed by atoms with Gasteiger partial charge in [0, 0.05) is 23.3 Å². The van der Waals surface area contributed by atoms with Crippen molar-refractivity contribution in [1.82, 2.24) is 5.32 Å². The van der Waals surface area contributed by atoms with E-state index in [4.69, 9.17) is 11.6 Å².